The molecule has 0 atom stereocenters. The molecule has 3 rings (SSSR count). The highest BCUT2D eigenvalue weighted by molar-refractivity contribution is 5.78. The summed E-state index contributed by atoms with van der Waals surface area (Å²) in [7, 11) is 0. The molecule has 0 saturated heterocycles. The Morgan fingerprint density at radius 2 is 1.50 bits per heavy atom. The Labute approximate surface area is 107 Å². The second-order valence-electron chi connectivity index (χ2n) is 4.49. The summed E-state index contributed by atoms with van der Waals surface area (Å²) >= 11 is 0. The fourth-order valence-corrected chi connectivity index (χ4v) is 2.77. The summed E-state index contributed by atoms with van der Waals surface area (Å²) in [6.07, 6.45) is 4.43. The first-order valence-electron chi connectivity index (χ1n) is 6.14. The maximum Gasteiger partial charge on any atom is 0.0908 e. The van der Waals surface area contributed by atoms with Crippen LogP contribution in [0.1, 0.15) is 23.5 Å². The van der Waals surface area contributed by atoms with Crippen molar-refractivity contribution in [1.29, 1.82) is 5.26 Å². The van der Waals surface area contributed by atoms with E-state index in [-0.39, 0.29) is 0 Å². The van der Waals surface area contributed by atoms with E-state index in [0.717, 1.165) is 6.42 Å². The predicted molar refractivity (Wildman–Crippen MR) is 73.1 cm³/mol. The molecule has 1 aliphatic carbocycles. The Hall–Kier alpha value is -2.33. The molecule has 0 aliphatic heterocycles. The van der Waals surface area contributed by atoms with Gasteiger partial charge in [0.15, 0.2) is 0 Å². The lowest BCUT2D eigenvalue weighted by atomic mass is 9.93. The highest BCUT2D eigenvalue weighted by Gasteiger charge is 2.26. The number of hydrogen-bond acceptors (Lipinski definition) is 1. The minimum absolute atomic E-state index is 0.391. The molecule has 0 spiro atoms. The van der Waals surface area contributed by atoms with Crippen LogP contribution in [0.3, 0.4) is 0 Å². The fraction of sp³-hybridized carbons (Fsp3) is 0.118. The lowest BCUT2D eigenvalue weighted by Gasteiger charge is -2.10. The molecule has 0 bridgehead atoms. The highest BCUT2D eigenvalue weighted by Crippen LogP contribution is 2.46. The van der Waals surface area contributed by atoms with E-state index in [9.17, 15) is 0 Å². The lowest BCUT2D eigenvalue weighted by molar-refractivity contribution is 0.854. The van der Waals surface area contributed by atoms with E-state index >= 15 is 0 Å². The normalized spacial score (nSPS) is 13.3. The Balaban J connectivity index is 2.09. The standard InChI is InChI=1S/C17H13N/c18-12-6-5-11-17-15-9-3-1-7-13(15)14-8-2-4-10-16(14)17/h1-10,17H,11H2. The molecule has 0 saturated carbocycles. The molecule has 0 aromatic heterocycles. The summed E-state index contributed by atoms with van der Waals surface area (Å²) in [4.78, 5) is 0. The molecule has 0 unspecified atom stereocenters. The van der Waals surface area contributed by atoms with Gasteiger partial charge >= 0.3 is 0 Å². The molecule has 1 heteroatoms. The maximum absolute atomic E-state index is 8.59. The van der Waals surface area contributed by atoms with Crippen LogP contribution in [0.4, 0.5) is 0 Å². The maximum atomic E-state index is 8.59. The number of rotatable bonds is 2. The molecule has 86 valence electrons. The zero-order valence-electron chi connectivity index (χ0n) is 10.0. The van der Waals surface area contributed by atoms with E-state index in [1.165, 1.54) is 22.3 Å². The quantitative estimate of drug-likeness (QED) is 0.708. The van der Waals surface area contributed by atoms with Gasteiger partial charge in [-0.25, -0.2) is 0 Å². The zero-order valence-corrected chi connectivity index (χ0v) is 10.0. The predicted octanol–water partition coefficient (Wildman–Crippen LogP) is 4.27. The average molecular weight is 231 g/mol. The van der Waals surface area contributed by atoms with Gasteiger partial charge in [-0.05, 0) is 28.7 Å². The third-order valence-corrected chi connectivity index (χ3v) is 3.53. The van der Waals surface area contributed by atoms with E-state index in [4.69, 9.17) is 5.26 Å². The third-order valence-electron chi connectivity index (χ3n) is 3.53. The van der Waals surface area contributed by atoms with Gasteiger partial charge in [-0.3, -0.25) is 0 Å². The Kier molecular flexibility index (Phi) is 2.70. The van der Waals surface area contributed by atoms with Crippen LogP contribution in [0.5, 0.6) is 0 Å². The molecule has 0 amide bonds. The van der Waals surface area contributed by atoms with Crippen molar-refractivity contribution in [3.05, 3.63) is 71.8 Å². The molecule has 2 aromatic carbocycles. The van der Waals surface area contributed by atoms with E-state index in [0.29, 0.717) is 5.92 Å². The van der Waals surface area contributed by atoms with E-state index < -0.39 is 0 Å². The topological polar surface area (TPSA) is 23.8 Å². The van der Waals surface area contributed by atoms with Gasteiger partial charge in [-0.2, -0.15) is 5.26 Å². The van der Waals surface area contributed by atoms with Crippen molar-refractivity contribution in [2.24, 2.45) is 0 Å². The number of nitriles is 1. The molecule has 1 nitrogen and oxygen atoms in total. The van der Waals surface area contributed by atoms with Crippen LogP contribution in [-0.2, 0) is 0 Å². The minimum Gasteiger partial charge on any atom is -0.193 e. The second-order valence-corrected chi connectivity index (χ2v) is 4.49. The largest absolute Gasteiger partial charge is 0.193 e. The van der Waals surface area contributed by atoms with Crippen molar-refractivity contribution in [3.8, 4) is 17.2 Å². The number of allylic oxidation sites excluding steroid dienone is 2. The molecule has 0 radical (unpaired) electrons. The van der Waals surface area contributed by atoms with Gasteiger partial charge in [0.05, 0.1) is 6.07 Å². The Bertz CT molecular complexity index is 601. The summed E-state index contributed by atoms with van der Waals surface area (Å²) in [5.41, 5.74) is 5.43. The van der Waals surface area contributed by atoms with Crippen LogP contribution in [-0.4, -0.2) is 0 Å². The second kappa shape index (κ2) is 4.50. The third kappa shape index (κ3) is 1.63. The van der Waals surface area contributed by atoms with Crippen LogP contribution in [0.25, 0.3) is 11.1 Å². The molecule has 18 heavy (non-hydrogen) atoms. The summed E-state index contributed by atoms with van der Waals surface area (Å²) in [6, 6.07) is 19.2. The molecule has 0 N–H and O–H groups in total. The van der Waals surface area contributed by atoms with Crippen molar-refractivity contribution < 1.29 is 0 Å². The van der Waals surface area contributed by atoms with Gasteiger partial charge < -0.3 is 0 Å². The first kappa shape index (κ1) is 10.8. The van der Waals surface area contributed by atoms with Crippen LogP contribution in [0.2, 0.25) is 0 Å². The molecule has 0 heterocycles. The summed E-state index contributed by atoms with van der Waals surface area (Å²) in [6.45, 7) is 0. The number of nitrogens with zero attached hydrogens (tertiary/aromatic N) is 1. The number of hydrogen-bond donors (Lipinski definition) is 0. The van der Waals surface area contributed by atoms with Crippen LogP contribution >= 0.6 is 0 Å². The van der Waals surface area contributed by atoms with Crippen molar-refractivity contribution in [2.45, 2.75) is 12.3 Å². The summed E-state index contributed by atoms with van der Waals surface area (Å²) < 4.78 is 0. The molecule has 1 aliphatic rings. The van der Waals surface area contributed by atoms with Gasteiger partial charge in [-0.15, -0.1) is 0 Å². The SMILES string of the molecule is N#CC=CCC1c2ccccc2-c2ccccc21. The molecule has 0 fully saturated rings. The first-order valence-corrected chi connectivity index (χ1v) is 6.14. The first-order chi connectivity index (χ1) is 8.92. The Morgan fingerprint density at radius 3 is 2.06 bits per heavy atom. The van der Waals surface area contributed by atoms with Gasteiger partial charge in [-0.1, -0.05) is 54.6 Å². The zero-order chi connectivity index (χ0) is 12.4. The van der Waals surface area contributed by atoms with Crippen LogP contribution in [0, 0.1) is 11.3 Å². The van der Waals surface area contributed by atoms with Gasteiger partial charge in [0.25, 0.3) is 0 Å². The monoisotopic (exact) mass is 231 g/mol. The summed E-state index contributed by atoms with van der Waals surface area (Å²) in [5.74, 6) is 0.391. The highest BCUT2D eigenvalue weighted by atomic mass is 14.3. The summed E-state index contributed by atoms with van der Waals surface area (Å²) in [5, 5.41) is 8.59. The average Bonchev–Trinajstić information content (AvgIpc) is 2.74. The Morgan fingerprint density at radius 1 is 0.944 bits per heavy atom. The smallest absolute Gasteiger partial charge is 0.0908 e. The number of fused-ring (bicyclic) bond motifs is 3. The van der Waals surface area contributed by atoms with Crippen molar-refractivity contribution >= 4 is 0 Å². The fourth-order valence-electron chi connectivity index (χ4n) is 2.77. The van der Waals surface area contributed by atoms with Crippen molar-refractivity contribution in [2.75, 3.05) is 0 Å². The van der Waals surface area contributed by atoms with Crippen LogP contribution in [0.15, 0.2) is 60.7 Å². The molecule has 2 aromatic rings. The van der Waals surface area contributed by atoms with Gasteiger partial charge in [0, 0.05) is 12.0 Å². The van der Waals surface area contributed by atoms with E-state index in [1.807, 2.05) is 6.08 Å². The van der Waals surface area contributed by atoms with Gasteiger partial charge in [0.2, 0.25) is 0 Å². The number of benzene rings is 2. The minimum atomic E-state index is 0.391. The molecular weight excluding hydrogens is 218 g/mol. The van der Waals surface area contributed by atoms with E-state index in [2.05, 4.69) is 54.6 Å². The molecular formula is C17H13N. The van der Waals surface area contributed by atoms with Crippen molar-refractivity contribution in [1.82, 2.24) is 0 Å². The van der Waals surface area contributed by atoms with Crippen LogP contribution < -0.4 is 0 Å². The lowest BCUT2D eigenvalue weighted by Crippen LogP contribution is -1.94. The van der Waals surface area contributed by atoms with Gasteiger partial charge in [0.1, 0.15) is 0 Å². The van der Waals surface area contributed by atoms with Crippen molar-refractivity contribution in [3.63, 3.8) is 0 Å². The van der Waals surface area contributed by atoms with E-state index in [1.54, 1.807) is 6.08 Å².